The fourth-order valence-corrected chi connectivity index (χ4v) is 3.13. The third kappa shape index (κ3) is 5.08. The average Bonchev–Trinajstić information content (AvgIpc) is 3.19. The highest BCUT2D eigenvalue weighted by Gasteiger charge is 2.19. The van der Waals surface area contributed by atoms with E-state index in [0.717, 1.165) is 36.0 Å². The number of carbonyl (C=O) groups excluding carboxylic acids is 2. The summed E-state index contributed by atoms with van der Waals surface area (Å²) >= 11 is 3.34. The summed E-state index contributed by atoms with van der Waals surface area (Å²) in [5.74, 6) is 0.219. The molecule has 2 aromatic carbocycles. The lowest BCUT2D eigenvalue weighted by molar-refractivity contribution is -0.147. The van der Waals surface area contributed by atoms with Gasteiger partial charge >= 0.3 is 5.97 Å². The minimum absolute atomic E-state index is 0.0634. The minimum atomic E-state index is -0.442. The monoisotopic (exact) mass is 417 g/mol. The standard InChI is InChI=1S/C20H20BrNO4/c21-17-4-3-5-18(12-17)25-14-19(23)26-13-15-6-8-16(9-7-15)20(24)22-10-1-2-11-22/h3-9,12H,1-2,10-11,13-14H2. The molecule has 1 fully saturated rings. The van der Waals surface area contributed by atoms with E-state index in [1.165, 1.54) is 0 Å². The van der Waals surface area contributed by atoms with E-state index < -0.39 is 5.97 Å². The smallest absolute Gasteiger partial charge is 0.344 e. The highest BCUT2D eigenvalue weighted by molar-refractivity contribution is 9.10. The zero-order valence-corrected chi connectivity index (χ0v) is 15.9. The lowest BCUT2D eigenvalue weighted by Gasteiger charge is -2.15. The van der Waals surface area contributed by atoms with Crippen LogP contribution in [0.1, 0.15) is 28.8 Å². The number of esters is 1. The normalized spacial score (nSPS) is 13.5. The molecule has 0 unspecified atom stereocenters. The Morgan fingerprint density at radius 3 is 2.46 bits per heavy atom. The second-order valence-electron chi connectivity index (χ2n) is 6.10. The fourth-order valence-electron chi connectivity index (χ4n) is 2.75. The lowest BCUT2D eigenvalue weighted by atomic mass is 10.1. The van der Waals surface area contributed by atoms with Crippen LogP contribution < -0.4 is 4.74 Å². The summed E-state index contributed by atoms with van der Waals surface area (Å²) in [6, 6.07) is 14.4. The summed E-state index contributed by atoms with van der Waals surface area (Å²) in [7, 11) is 0. The van der Waals surface area contributed by atoms with Gasteiger partial charge in [0.15, 0.2) is 6.61 Å². The predicted molar refractivity (Wildman–Crippen MR) is 101 cm³/mol. The van der Waals surface area contributed by atoms with Crippen molar-refractivity contribution in [1.29, 1.82) is 0 Å². The molecule has 0 spiro atoms. The first-order chi connectivity index (χ1) is 12.6. The summed E-state index contributed by atoms with van der Waals surface area (Å²) in [4.78, 5) is 26.0. The molecular weight excluding hydrogens is 398 g/mol. The maximum atomic E-state index is 12.3. The summed E-state index contributed by atoms with van der Waals surface area (Å²) in [5, 5.41) is 0. The number of benzene rings is 2. The largest absolute Gasteiger partial charge is 0.482 e. The quantitative estimate of drug-likeness (QED) is 0.670. The van der Waals surface area contributed by atoms with Gasteiger partial charge in [-0.05, 0) is 48.7 Å². The van der Waals surface area contributed by atoms with Crippen LogP contribution in [0.5, 0.6) is 5.75 Å². The second kappa shape index (κ2) is 8.85. The molecule has 26 heavy (non-hydrogen) atoms. The third-order valence-electron chi connectivity index (χ3n) is 4.15. The third-order valence-corrected chi connectivity index (χ3v) is 4.64. The van der Waals surface area contributed by atoms with E-state index in [1.54, 1.807) is 24.3 Å². The van der Waals surface area contributed by atoms with E-state index >= 15 is 0 Å². The number of carbonyl (C=O) groups is 2. The van der Waals surface area contributed by atoms with Crippen molar-refractivity contribution in [2.45, 2.75) is 19.4 Å². The van der Waals surface area contributed by atoms with Crippen LogP contribution in [0.2, 0.25) is 0 Å². The van der Waals surface area contributed by atoms with Crippen molar-refractivity contribution in [3.05, 3.63) is 64.1 Å². The molecule has 0 atom stereocenters. The van der Waals surface area contributed by atoms with Crippen molar-refractivity contribution >= 4 is 27.8 Å². The Kier molecular flexibility index (Phi) is 6.28. The van der Waals surface area contributed by atoms with Gasteiger partial charge in [-0.3, -0.25) is 4.79 Å². The van der Waals surface area contributed by atoms with Crippen molar-refractivity contribution in [3.8, 4) is 5.75 Å². The minimum Gasteiger partial charge on any atom is -0.482 e. The van der Waals surface area contributed by atoms with Gasteiger partial charge in [0, 0.05) is 23.1 Å². The van der Waals surface area contributed by atoms with Crippen LogP contribution in [-0.4, -0.2) is 36.5 Å². The van der Waals surface area contributed by atoms with Gasteiger partial charge in [-0.25, -0.2) is 4.79 Å². The van der Waals surface area contributed by atoms with E-state index in [2.05, 4.69) is 15.9 Å². The van der Waals surface area contributed by atoms with Crippen molar-refractivity contribution in [2.75, 3.05) is 19.7 Å². The Labute approximate surface area is 161 Å². The number of likely N-dealkylation sites (tertiary alicyclic amines) is 1. The molecule has 1 saturated heterocycles. The van der Waals surface area contributed by atoms with Gasteiger partial charge in [0.05, 0.1) is 0 Å². The molecule has 2 aromatic rings. The predicted octanol–water partition coefficient (Wildman–Crippen LogP) is 3.81. The van der Waals surface area contributed by atoms with Gasteiger partial charge in [-0.1, -0.05) is 34.1 Å². The zero-order valence-electron chi connectivity index (χ0n) is 14.3. The molecule has 0 saturated carbocycles. The van der Waals surface area contributed by atoms with Crippen LogP contribution in [0.15, 0.2) is 53.0 Å². The van der Waals surface area contributed by atoms with Crippen molar-refractivity contribution < 1.29 is 19.1 Å². The number of rotatable bonds is 6. The number of nitrogens with zero attached hydrogens (tertiary/aromatic N) is 1. The first-order valence-electron chi connectivity index (χ1n) is 8.54. The number of halogens is 1. The number of amides is 1. The lowest BCUT2D eigenvalue weighted by Crippen LogP contribution is -2.27. The van der Waals surface area contributed by atoms with E-state index in [4.69, 9.17) is 9.47 Å². The topological polar surface area (TPSA) is 55.8 Å². The molecule has 0 aliphatic carbocycles. The highest BCUT2D eigenvalue weighted by Crippen LogP contribution is 2.18. The molecule has 5 nitrogen and oxygen atoms in total. The van der Waals surface area contributed by atoms with E-state index in [0.29, 0.717) is 11.3 Å². The Hall–Kier alpha value is -2.34. The molecule has 1 heterocycles. The first-order valence-corrected chi connectivity index (χ1v) is 9.33. The van der Waals surface area contributed by atoms with Crippen LogP contribution in [0.25, 0.3) is 0 Å². The van der Waals surface area contributed by atoms with E-state index in [1.807, 2.05) is 29.2 Å². The highest BCUT2D eigenvalue weighted by atomic mass is 79.9. The zero-order chi connectivity index (χ0) is 18.4. The van der Waals surface area contributed by atoms with Crippen molar-refractivity contribution in [2.24, 2.45) is 0 Å². The van der Waals surface area contributed by atoms with Gasteiger partial charge in [0.2, 0.25) is 0 Å². The van der Waals surface area contributed by atoms with Gasteiger partial charge in [-0.15, -0.1) is 0 Å². The molecule has 0 aromatic heterocycles. The summed E-state index contributed by atoms with van der Waals surface area (Å²) in [6.07, 6.45) is 2.14. The Balaban J connectivity index is 1.45. The SMILES string of the molecule is O=C(COc1cccc(Br)c1)OCc1ccc(C(=O)N2CCCC2)cc1. The Bertz CT molecular complexity index is 770. The van der Waals surface area contributed by atoms with Crippen molar-refractivity contribution in [3.63, 3.8) is 0 Å². The molecule has 1 aliphatic heterocycles. The molecule has 6 heteroatoms. The van der Waals surface area contributed by atoms with Gasteiger partial charge in [0.25, 0.3) is 5.91 Å². The van der Waals surface area contributed by atoms with Crippen LogP contribution in [0.4, 0.5) is 0 Å². The molecule has 3 rings (SSSR count). The van der Waals surface area contributed by atoms with Gasteiger partial charge in [-0.2, -0.15) is 0 Å². The number of ether oxygens (including phenoxy) is 2. The van der Waals surface area contributed by atoms with Crippen LogP contribution in [0.3, 0.4) is 0 Å². The fraction of sp³-hybridized carbons (Fsp3) is 0.300. The molecule has 0 N–H and O–H groups in total. The number of hydrogen-bond donors (Lipinski definition) is 0. The van der Waals surface area contributed by atoms with Crippen molar-refractivity contribution in [1.82, 2.24) is 4.90 Å². The maximum absolute atomic E-state index is 12.3. The maximum Gasteiger partial charge on any atom is 0.344 e. The van der Waals surface area contributed by atoms with Gasteiger partial charge < -0.3 is 14.4 Å². The Morgan fingerprint density at radius 1 is 1.04 bits per heavy atom. The molecule has 1 amide bonds. The Morgan fingerprint density at radius 2 is 1.77 bits per heavy atom. The van der Waals surface area contributed by atoms with Crippen LogP contribution >= 0.6 is 15.9 Å². The molecule has 0 radical (unpaired) electrons. The van der Waals surface area contributed by atoms with E-state index in [-0.39, 0.29) is 19.1 Å². The van der Waals surface area contributed by atoms with Crippen LogP contribution in [-0.2, 0) is 16.1 Å². The summed E-state index contributed by atoms with van der Waals surface area (Å²) < 4.78 is 11.5. The second-order valence-corrected chi connectivity index (χ2v) is 7.02. The average molecular weight is 418 g/mol. The van der Waals surface area contributed by atoms with Crippen LogP contribution in [0, 0.1) is 0 Å². The van der Waals surface area contributed by atoms with E-state index in [9.17, 15) is 9.59 Å². The summed E-state index contributed by atoms with van der Waals surface area (Å²) in [6.45, 7) is 1.66. The molecule has 0 bridgehead atoms. The molecular formula is C20H20BrNO4. The summed E-state index contributed by atoms with van der Waals surface area (Å²) in [5.41, 5.74) is 1.50. The first kappa shape index (κ1) is 18.5. The molecule has 136 valence electrons. The molecule has 1 aliphatic rings. The number of hydrogen-bond acceptors (Lipinski definition) is 4. The van der Waals surface area contributed by atoms with Gasteiger partial charge in [0.1, 0.15) is 12.4 Å².